The monoisotopic (exact) mass is 399 g/mol. The number of carbonyl (C=O) groups is 1. The SMILES string of the molecule is CC(C)COC(=O)OC[C@H]1O[C@@H](n2ccc(NO)nc2=O)[C@@H]2OC(C)(C)O[C@@H]21. The van der Waals surface area contributed by atoms with E-state index in [1.807, 2.05) is 19.3 Å². The molecule has 0 aliphatic carbocycles. The summed E-state index contributed by atoms with van der Waals surface area (Å²) in [5, 5.41) is 8.88. The summed E-state index contributed by atoms with van der Waals surface area (Å²) < 4.78 is 29.0. The molecule has 1 aromatic rings. The van der Waals surface area contributed by atoms with Gasteiger partial charge >= 0.3 is 11.8 Å². The van der Waals surface area contributed by atoms with E-state index in [4.69, 9.17) is 28.9 Å². The topological polar surface area (TPSA) is 130 Å². The molecule has 0 spiro atoms. The highest BCUT2D eigenvalue weighted by atomic mass is 16.8. The van der Waals surface area contributed by atoms with Crippen molar-refractivity contribution in [3.8, 4) is 0 Å². The zero-order valence-electron chi connectivity index (χ0n) is 16.2. The zero-order chi connectivity index (χ0) is 20.5. The number of rotatable bonds is 6. The lowest BCUT2D eigenvalue weighted by molar-refractivity contribution is -0.201. The van der Waals surface area contributed by atoms with E-state index in [1.54, 1.807) is 13.8 Å². The second-order valence-corrected chi connectivity index (χ2v) is 7.51. The number of carbonyl (C=O) groups excluding carboxylic acids is 1. The van der Waals surface area contributed by atoms with Gasteiger partial charge in [0.1, 0.15) is 24.9 Å². The zero-order valence-corrected chi connectivity index (χ0v) is 16.2. The molecule has 2 saturated heterocycles. The number of ether oxygens (including phenoxy) is 5. The van der Waals surface area contributed by atoms with E-state index in [9.17, 15) is 9.59 Å². The number of fused-ring (bicyclic) bond motifs is 1. The maximum absolute atomic E-state index is 12.3. The third kappa shape index (κ3) is 4.43. The van der Waals surface area contributed by atoms with E-state index in [1.165, 1.54) is 16.8 Å². The average Bonchev–Trinajstić information content (AvgIpc) is 3.11. The van der Waals surface area contributed by atoms with Crippen molar-refractivity contribution in [3.05, 3.63) is 22.7 Å². The van der Waals surface area contributed by atoms with Gasteiger partial charge < -0.3 is 23.7 Å². The van der Waals surface area contributed by atoms with Crippen molar-refractivity contribution < 1.29 is 33.7 Å². The van der Waals surface area contributed by atoms with Gasteiger partial charge in [0.05, 0.1) is 6.61 Å². The summed E-state index contributed by atoms with van der Waals surface area (Å²) >= 11 is 0. The van der Waals surface area contributed by atoms with Gasteiger partial charge in [-0.2, -0.15) is 4.98 Å². The van der Waals surface area contributed by atoms with Gasteiger partial charge in [-0.25, -0.2) is 9.59 Å². The fourth-order valence-corrected chi connectivity index (χ4v) is 3.11. The molecule has 2 fully saturated rings. The number of aromatic nitrogens is 2. The second kappa shape index (κ2) is 8.03. The van der Waals surface area contributed by atoms with Crippen molar-refractivity contribution in [2.24, 2.45) is 5.92 Å². The number of hydrogen-bond acceptors (Lipinski definition) is 10. The summed E-state index contributed by atoms with van der Waals surface area (Å²) in [7, 11) is 0. The van der Waals surface area contributed by atoms with Gasteiger partial charge in [-0.05, 0) is 25.8 Å². The lowest BCUT2D eigenvalue weighted by Gasteiger charge is -2.24. The molecule has 11 nitrogen and oxygen atoms in total. The Labute approximate surface area is 161 Å². The number of nitrogens with zero attached hydrogens (tertiary/aromatic N) is 2. The van der Waals surface area contributed by atoms with Gasteiger partial charge in [-0.3, -0.25) is 15.3 Å². The normalized spacial score (nSPS) is 28.2. The highest BCUT2D eigenvalue weighted by Crippen LogP contribution is 2.42. The second-order valence-electron chi connectivity index (χ2n) is 7.51. The van der Waals surface area contributed by atoms with Crippen molar-refractivity contribution in [2.75, 3.05) is 18.7 Å². The predicted molar refractivity (Wildman–Crippen MR) is 93.8 cm³/mol. The van der Waals surface area contributed by atoms with Gasteiger partial charge in [0.15, 0.2) is 17.8 Å². The van der Waals surface area contributed by atoms with E-state index >= 15 is 0 Å². The van der Waals surface area contributed by atoms with Crippen LogP contribution in [0, 0.1) is 5.92 Å². The van der Waals surface area contributed by atoms with E-state index in [-0.39, 0.29) is 24.9 Å². The fourth-order valence-electron chi connectivity index (χ4n) is 3.11. The highest BCUT2D eigenvalue weighted by molar-refractivity contribution is 5.59. The maximum atomic E-state index is 12.3. The molecular weight excluding hydrogens is 374 g/mol. The summed E-state index contributed by atoms with van der Waals surface area (Å²) in [5.74, 6) is -0.697. The van der Waals surface area contributed by atoms with Crippen LogP contribution in [0.3, 0.4) is 0 Å². The fraction of sp³-hybridized carbons (Fsp3) is 0.706. The van der Waals surface area contributed by atoms with Crippen molar-refractivity contribution in [2.45, 2.75) is 58.0 Å². The highest BCUT2D eigenvalue weighted by Gasteiger charge is 2.56. The molecule has 0 amide bonds. The molecule has 4 atom stereocenters. The van der Waals surface area contributed by atoms with Gasteiger partial charge in [-0.15, -0.1) is 0 Å². The molecule has 0 radical (unpaired) electrons. The molecule has 0 saturated carbocycles. The van der Waals surface area contributed by atoms with Crippen LogP contribution in [-0.4, -0.2) is 58.2 Å². The third-order valence-electron chi connectivity index (χ3n) is 4.24. The smallest absolute Gasteiger partial charge is 0.434 e. The molecule has 0 bridgehead atoms. The van der Waals surface area contributed by atoms with Crippen LogP contribution < -0.4 is 11.2 Å². The lowest BCUT2D eigenvalue weighted by atomic mass is 10.1. The molecular formula is C17H25N3O8. The summed E-state index contributed by atoms with van der Waals surface area (Å²) in [4.78, 5) is 27.7. The van der Waals surface area contributed by atoms with E-state index in [2.05, 4.69) is 4.98 Å². The summed E-state index contributed by atoms with van der Waals surface area (Å²) in [6.07, 6.45) is -2.04. The Morgan fingerprint density at radius 3 is 2.71 bits per heavy atom. The average molecular weight is 399 g/mol. The number of nitrogens with one attached hydrogen (secondary N) is 1. The largest absolute Gasteiger partial charge is 0.508 e. The predicted octanol–water partition coefficient (Wildman–Crippen LogP) is 1.27. The molecule has 28 heavy (non-hydrogen) atoms. The molecule has 0 aromatic carbocycles. The first-order valence-corrected chi connectivity index (χ1v) is 9.00. The van der Waals surface area contributed by atoms with E-state index < -0.39 is 42.2 Å². The van der Waals surface area contributed by atoms with Crippen LogP contribution in [0.5, 0.6) is 0 Å². The number of anilines is 1. The van der Waals surface area contributed by atoms with E-state index in [0.29, 0.717) is 0 Å². The lowest BCUT2D eigenvalue weighted by Crippen LogP contribution is -2.34. The van der Waals surface area contributed by atoms with Gasteiger partial charge in [-0.1, -0.05) is 13.8 Å². The molecule has 156 valence electrons. The molecule has 2 aliphatic heterocycles. The molecule has 3 rings (SSSR count). The summed E-state index contributed by atoms with van der Waals surface area (Å²) in [5.41, 5.74) is 1.17. The third-order valence-corrected chi connectivity index (χ3v) is 4.24. The molecule has 0 unspecified atom stereocenters. The van der Waals surface area contributed by atoms with Crippen molar-refractivity contribution in [1.29, 1.82) is 0 Å². The van der Waals surface area contributed by atoms with E-state index in [0.717, 1.165) is 0 Å². The Morgan fingerprint density at radius 1 is 1.36 bits per heavy atom. The maximum Gasteiger partial charge on any atom is 0.508 e. The Balaban J connectivity index is 1.73. The summed E-state index contributed by atoms with van der Waals surface area (Å²) in [6, 6.07) is 1.41. The molecule has 2 N–H and O–H groups in total. The molecule has 11 heteroatoms. The van der Waals surface area contributed by atoms with Crippen LogP contribution in [0.2, 0.25) is 0 Å². The van der Waals surface area contributed by atoms with Crippen LogP contribution in [-0.2, 0) is 23.7 Å². The minimum absolute atomic E-state index is 0.00694. The standard InChI is InChI=1S/C17H25N3O8/c1-9(2)7-24-16(22)25-8-10-12-13(28-17(3,4)27-12)14(26-10)20-6-5-11(19-23)18-15(20)21/h5-6,9-10,12-14,23H,7-8H2,1-4H3,(H,18,19,21)/t10-,12-,13-,14-/m1/s1. The Morgan fingerprint density at radius 2 is 2.07 bits per heavy atom. The van der Waals surface area contributed by atoms with Crippen LogP contribution in [0.15, 0.2) is 17.1 Å². The Hall–Kier alpha value is -2.21. The van der Waals surface area contributed by atoms with Gasteiger partial charge in [0.2, 0.25) is 0 Å². The van der Waals surface area contributed by atoms with Crippen LogP contribution in [0.4, 0.5) is 10.6 Å². The quantitative estimate of drug-likeness (QED) is 0.532. The van der Waals surface area contributed by atoms with Crippen LogP contribution in [0.25, 0.3) is 0 Å². The molecule has 3 heterocycles. The summed E-state index contributed by atoms with van der Waals surface area (Å²) in [6.45, 7) is 7.45. The van der Waals surface area contributed by atoms with Gasteiger partial charge in [0.25, 0.3) is 0 Å². The first kappa shape index (κ1) is 20.5. The first-order chi connectivity index (χ1) is 13.2. The van der Waals surface area contributed by atoms with Crippen LogP contribution in [0.1, 0.15) is 33.9 Å². The minimum atomic E-state index is -0.891. The Kier molecular flexibility index (Phi) is 5.89. The van der Waals surface area contributed by atoms with Crippen LogP contribution >= 0.6 is 0 Å². The van der Waals surface area contributed by atoms with Crippen molar-refractivity contribution in [3.63, 3.8) is 0 Å². The Bertz CT molecular complexity index is 765. The van der Waals surface area contributed by atoms with Crippen molar-refractivity contribution >= 4 is 12.0 Å². The van der Waals surface area contributed by atoms with Gasteiger partial charge in [0, 0.05) is 6.20 Å². The molecule has 2 aliphatic rings. The first-order valence-electron chi connectivity index (χ1n) is 9.00. The molecule has 1 aromatic heterocycles. The minimum Gasteiger partial charge on any atom is -0.434 e. The number of hydrogen-bond donors (Lipinski definition) is 2. The van der Waals surface area contributed by atoms with Crippen molar-refractivity contribution in [1.82, 2.24) is 9.55 Å².